The van der Waals surface area contributed by atoms with E-state index in [0.29, 0.717) is 19.6 Å². The first-order valence-corrected chi connectivity index (χ1v) is 4.90. The Morgan fingerprint density at radius 2 is 1.93 bits per heavy atom. The van der Waals surface area contributed by atoms with E-state index in [1.807, 2.05) is 27.7 Å². The molecule has 0 atom stereocenters. The molecule has 0 aromatic carbocycles. The summed E-state index contributed by atoms with van der Waals surface area (Å²) in [6.07, 6.45) is 0.452. The van der Waals surface area contributed by atoms with E-state index in [9.17, 15) is 4.79 Å². The van der Waals surface area contributed by atoms with E-state index < -0.39 is 0 Å². The molecule has 0 rings (SSSR count). The quantitative estimate of drug-likeness (QED) is 0.502. The smallest absolute Gasteiger partial charge is 0.143 e. The van der Waals surface area contributed by atoms with E-state index in [1.54, 1.807) is 7.11 Å². The van der Waals surface area contributed by atoms with E-state index in [2.05, 4.69) is 4.99 Å². The van der Waals surface area contributed by atoms with Gasteiger partial charge in [-0.05, 0) is 6.92 Å². The van der Waals surface area contributed by atoms with Gasteiger partial charge < -0.3 is 4.74 Å². The number of ether oxygens (including phenoxy) is 1. The topological polar surface area (TPSA) is 38.7 Å². The third kappa shape index (κ3) is 5.86. The molecule has 0 unspecified atom stereocenters. The van der Waals surface area contributed by atoms with Gasteiger partial charge in [0.05, 0.1) is 13.2 Å². The number of hydrogen-bond acceptors (Lipinski definition) is 3. The zero-order valence-electron chi connectivity index (χ0n) is 9.89. The van der Waals surface area contributed by atoms with Crippen LogP contribution in [0.3, 0.4) is 0 Å². The number of carbonyl (C=O) groups is 1. The Labute approximate surface area is 86.6 Å². The number of rotatable bonds is 5. The van der Waals surface area contributed by atoms with Crippen molar-refractivity contribution < 1.29 is 9.53 Å². The van der Waals surface area contributed by atoms with Gasteiger partial charge in [0, 0.05) is 24.7 Å². The van der Waals surface area contributed by atoms with Crippen molar-refractivity contribution in [3.63, 3.8) is 0 Å². The molecule has 0 amide bonds. The van der Waals surface area contributed by atoms with Gasteiger partial charge in [0.15, 0.2) is 0 Å². The number of methoxy groups -OCH3 is 1. The van der Waals surface area contributed by atoms with Crippen molar-refractivity contribution in [2.75, 3.05) is 20.3 Å². The molecule has 0 aliphatic carbocycles. The Balaban J connectivity index is 3.99. The number of ketones is 1. The van der Waals surface area contributed by atoms with Crippen LogP contribution in [0.5, 0.6) is 0 Å². The van der Waals surface area contributed by atoms with Crippen LogP contribution in [0.25, 0.3) is 0 Å². The molecular formula is C11H21NO2. The SMILES string of the molecule is COCC/N=C(\C)CC(=O)C(C)(C)C. The van der Waals surface area contributed by atoms with Crippen molar-refractivity contribution in [2.45, 2.75) is 34.1 Å². The molecule has 0 aliphatic rings. The highest BCUT2D eigenvalue weighted by Gasteiger charge is 2.21. The van der Waals surface area contributed by atoms with Gasteiger partial charge >= 0.3 is 0 Å². The van der Waals surface area contributed by atoms with Crippen LogP contribution in [0.2, 0.25) is 0 Å². The van der Waals surface area contributed by atoms with Crippen molar-refractivity contribution in [2.24, 2.45) is 10.4 Å². The molecule has 0 aliphatic heterocycles. The Kier molecular flexibility index (Phi) is 5.62. The average molecular weight is 199 g/mol. The van der Waals surface area contributed by atoms with Crippen LogP contribution in [-0.4, -0.2) is 31.8 Å². The molecule has 0 bridgehead atoms. The maximum atomic E-state index is 11.6. The van der Waals surface area contributed by atoms with Crippen molar-refractivity contribution >= 4 is 11.5 Å². The second kappa shape index (κ2) is 5.91. The normalized spacial score (nSPS) is 13.1. The maximum Gasteiger partial charge on any atom is 0.143 e. The number of hydrogen-bond donors (Lipinski definition) is 0. The van der Waals surface area contributed by atoms with Gasteiger partial charge in [0.1, 0.15) is 5.78 Å². The number of aliphatic imine (C=N–C) groups is 1. The maximum absolute atomic E-state index is 11.6. The molecule has 82 valence electrons. The summed E-state index contributed by atoms with van der Waals surface area (Å²) < 4.78 is 4.87. The summed E-state index contributed by atoms with van der Waals surface area (Å²) in [6.45, 7) is 8.92. The number of nitrogens with zero attached hydrogens (tertiary/aromatic N) is 1. The summed E-state index contributed by atoms with van der Waals surface area (Å²) >= 11 is 0. The predicted octanol–water partition coefficient (Wildman–Crippen LogP) is 2.10. The van der Waals surface area contributed by atoms with Crippen LogP contribution in [0.15, 0.2) is 4.99 Å². The third-order valence-corrected chi connectivity index (χ3v) is 1.93. The van der Waals surface area contributed by atoms with Crippen molar-refractivity contribution in [1.29, 1.82) is 0 Å². The highest BCUT2D eigenvalue weighted by Crippen LogP contribution is 2.16. The van der Waals surface area contributed by atoms with Gasteiger partial charge in [0.2, 0.25) is 0 Å². The second-order valence-corrected chi connectivity index (χ2v) is 4.46. The molecule has 0 aromatic heterocycles. The van der Waals surface area contributed by atoms with Crippen LogP contribution in [0.1, 0.15) is 34.1 Å². The molecule has 3 nitrogen and oxygen atoms in total. The van der Waals surface area contributed by atoms with E-state index in [4.69, 9.17) is 4.74 Å². The first-order valence-electron chi connectivity index (χ1n) is 4.90. The van der Waals surface area contributed by atoms with Gasteiger partial charge in [-0.15, -0.1) is 0 Å². The summed E-state index contributed by atoms with van der Waals surface area (Å²) in [7, 11) is 1.64. The average Bonchev–Trinajstić information content (AvgIpc) is 2.03. The Morgan fingerprint density at radius 1 is 1.36 bits per heavy atom. The first-order chi connectivity index (χ1) is 6.38. The second-order valence-electron chi connectivity index (χ2n) is 4.46. The van der Waals surface area contributed by atoms with Crippen LogP contribution >= 0.6 is 0 Å². The fourth-order valence-electron chi connectivity index (χ4n) is 0.881. The van der Waals surface area contributed by atoms with Gasteiger partial charge in [-0.1, -0.05) is 20.8 Å². The fourth-order valence-corrected chi connectivity index (χ4v) is 0.881. The third-order valence-electron chi connectivity index (χ3n) is 1.93. The lowest BCUT2D eigenvalue weighted by Crippen LogP contribution is -2.22. The van der Waals surface area contributed by atoms with Crippen LogP contribution in [0.4, 0.5) is 0 Å². The molecule has 0 spiro atoms. The zero-order valence-corrected chi connectivity index (χ0v) is 9.89. The van der Waals surface area contributed by atoms with Gasteiger partial charge in [-0.25, -0.2) is 0 Å². The largest absolute Gasteiger partial charge is 0.383 e. The van der Waals surface area contributed by atoms with Crippen molar-refractivity contribution in [1.82, 2.24) is 0 Å². The molecule has 0 N–H and O–H groups in total. The summed E-state index contributed by atoms with van der Waals surface area (Å²) in [4.78, 5) is 15.8. The summed E-state index contributed by atoms with van der Waals surface area (Å²) in [5, 5.41) is 0. The van der Waals surface area contributed by atoms with E-state index in [0.717, 1.165) is 5.71 Å². The summed E-state index contributed by atoms with van der Waals surface area (Å²) in [6, 6.07) is 0. The minimum absolute atomic E-state index is 0.233. The Bertz CT molecular complexity index is 214. The number of Topliss-reactive ketones (excluding diaryl/α,β-unsaturated/α-hetero) is 1. The van der Waals surface area contributed by atoms with E-state index in [-0.39, 0.29) is 11.2 Å². The lowest BCUT2D eigenvalue weighted by Gasteiger charge is -2.16. The van der Waals surface area contributed by atoms with E-state index in [1.165, 1.54) is 0 Å². The minimum atomic E-state index is -0.266. The molecule has 0 aromatic rings. The van der Waals surface area contributed by atoms with Crippen LogP contribution in [0, 0.1) is 5.41 Å². The van der Waals surface area contributed by atoms with Gasteiger partial charge in [0.25, 0.3) is 0 Å². The standard InChI is InChI=1S/C11H21NO2/c1-9(12-6-7-14-5)8-10(13)11(2,3)4/h6-8H2,1-5H3/b12-9+. The summed E-state index contributed by atoms with van der Waals surface area (Å²) in [5.41, 5.74) is 0.625. The minimum Gasteiger partial charge on any atom is -0.383 e. The first kappa shape index (κ1) is 13.3. The molecule has 0 radical (unpaired) electrons. The Morgan fingerprint density at radius 3 is 2.36 bits per heavy atom. The lowest BCUT2D eigenvalue weighted by atomic mass is 9.88. The van der Waals surface area contributed by atoms with Crippen LogP contribution in [-0.2, 0) is 9.53 Å². The van der Waals surface area contributed by atoms with Crippen molar-refractivity contribution in [3.8, 4) is 0 Å². The zero-order chi connectivity index (χ0) is 11.2. The highest BCUT2D eigenvalue weighted by atomic mass is 16.5. The Hall–Kier alpha value is -0.700. The lowest BCUT2D eigenvalue weighted by molar-refractivity contribution is -0.125. The predicted molar refractivity (Wildman–Crippen MR) is 58.9 cm³/mol. The van der Waals surface area contributed by atoms with E-state index >= 15 is 0 Å². The van der Waals surface area contributed by atoms with Gasteiger partial charge in [-0.3, -0.25) is 9.79 Å². The molecule has 0 heterocycles. The molecule has 0 saturated heterocycles. The molecule has 0 fully saturated rings. The fraction of sp³-hybridized carbons (Fsp3) is 0.818. The molecular weight excluding hydrogens is 178 g/mol. The summed E-state index contributed by atoms with van der Waals surface area (Å²) in [5.74, 6) is 0.233. The molecule has 14 heavy (non-hydrogen) atoms. The monoisotopic (exact) mass is 199 g/mol. The van der Waals surface area contributed by atoms with Crippen LogP contribution < -0.4 is 0 Å². The molecule has 0 saturated carbocycles. The number of carbonyl (C=O) groups excluding carboxylic acids is 1. The molecule has 3 heteroatoms. The van der Waals surface area contributed by atoms with Gasteiger partial charge in [-0.2, -0.15) is 0 Å². The van der Waals surface area contributed by atoms with Crippen molar-refractivity contribution in [3.05, 3.63) is 0 Å². The highest BCUT2D eigenvalue weighted by molar-refractivity contribution is 6.02.